The van der Waals surface area contributed by atoms with Gasteiger partial charge in [0.15, 0.2) is 11.5 Å². The lowest BCUT2D eigenvalue weighted by Gasteiger charge is -2.15. The second-order valence-electron chi connectivity index (χ2n) is 9.76. The fraction of sp³-hybridized carbons (Fsp3) is 0.323. The molecule has 0 radical (unpaired) electrons. The molecule has 41 heavy (non-hydrogen) atoms. The monoisotopic (exact) mass is 557 g/mol. The summed E-state index contributed by atoms with van der Waals surface area (Å²) >= 11 is 0. The minimum absolute atomic E-state index is 0.251. The van der Waals surface area contributed by atoms with Gasteiger partial charge in [0, 0.05) is 55.7 Å². The molecule has 0 bridgehead atoms. The minimum atomic E-state index is -0.260. The van der Waals surface area contributed by atoms with Gasteiger partial charge in [0.25, 0.3) is 5.91 Å². The summed E-state index contributed by atoms with van der Waals surface area (Å²) in [5, 5.41) is 6.29. The molecule has 2 amide bonds. The molecule has 0 saturated carbocycles. The highest BCUT2D eigenvalue weighted by Gasteiger charge is 2.16. The first-order chi connectivity index (χ1) is 20.0. The van der Waals surface area contributed by atoms with Crippen molar-refractivity contribution >= 4 is 28.7 Å². The van der Waals surface area contributed by atoms with Gasteiger partial charge in [-0.3, -0.25) is 14.3 Å². The maximum Gasteiger partial charge on any atom is 0.325 e. The Labute approximate surface area is 239 Å². The number of benzene rings is 2. The van der Waals surface area contributed by atoms with Gasteiger partial charge >= 0.3 is 6.03 Å². The van der Waals surface area contributed by atoms with Gasteiger partial charge in [-0.15, -0.1) is 0 Å². The standard InChI is InChI=1S/C31H35N5O5/c1-3-39-16-17-40-27-20-26-24(11-15-36(26)31(38)32-2)18-28(27)41-25-10-12-33-29(19-25)34-30(37)23-8-6-22(7-9-23)21-35-13-4-5-14-35/h6-12,15,18-20H,3-5,13-14,16-17,21H2,1-2H3,(H,32,38)(H,33,34,37). The van der Waals surface area contributed by atoms with E-state index in [0.29, 0.717) is 54.0 Å². The van der Waals surface area contributed by atoms with Gasteiger partial charge in [0.2, 0.25) is 0 Å². The second kappa shape index (κ2) is 13.3. The number of ether oxygens (including phenoxy) is 3. The Balaban J connectivity index is 1.31. The fourth-order valence-electron chi connectivity index (χ4n) is 4.81. The largest absolute Gasteiger partial charge is 0.487 e. The Morgan fingerprint density at radius 3 is 2.54 bits per heavy atom. The van der Waals surface area contributed by atoms with E-state index in [1.165, 1.54) is 23.0 Å². The van der Waals surface area contributed by atoms with Crippen LogP contribution in [-0.4, -0.2) is 66.3 Å². The van der Waals surface area contributed by atoms with Crippen LogP contribution in [0.25, 0.3) is 10.9 Å². The summed E-state index contributed by atoms with van der Waals surface area (Å²) in [6.45, 7) is 6.39. The molecule has 2 aromatic heterocycles. The molecule has 2 N–H and O–H groups in total. The van der Waals surface area contributed by atoms with Crippen LogP contribution in [0.4, 0.5) is 10.6 Å². The summed E-state index contributed by atoms with van der Waals surface area (Å²) in [6, 6.07) is 16.2. The number of carbonyl (C=O) groups is 2. The van der Waals surface area contributed by atoms with Crippen LogP contribution in [0.1, 0.15) is 35.7 Å². The van der Waals surface area contributed by atoms with Crippen LogP contribution >= 0.6 is 0 Å². The van der Waals surface area contributed by atoms with Gasteiger partial charge in [-0.2, -0.15) is 0 Å². The number of amides is 2. The maximum absolute atomic E-state index is 12.9. The SMILES string of the molecule is CCOCCOc1cc2c(ccn2C(=O)NC)cc1Oc1ccnc(NC(=O)c2ccc(CN3CCCC3)cc2)c1. The molecule has 2 aromatic carbocycles. The molecule has 1 aliphatic rings. The van der Waals surface area contributed by atoms with Crippen molar-refractivity contribution in [1.29, 1.82) is 0 Å². The second-order valence-corrected chi connectivity index (χ2v) is 9.76. The Bertz CT molecular complexity index is 1490. The van der Waals surface area contributed by atoms with E-state index in [1.54, 1.807) is 37.6 Å². The zero-order valence-corrected chi connectivity index (χ0v) is 23.4. The number of aromatic nitrogens is 2. The van der Waals surface area contributed by atoms with Crippen LogP contribution in [0.5, 0.6) is 17.2 Å². The molecule has 0 aliphatic carbocycles. The van der Waals surface area contributed by atoms with Crippen LogP contribution in [-0.2, 0) is 11.3 Å². The quantitative estimate of drug-likeness (QED) is 0.242. The highest BCUT2D eigenvalue weighted by molar-refractivity contribution is 6.03. The average Bonchev–Trinajstić information content (AvgIpc) is 3.65. The van der Waals surface area contributed by atoms with Gasteiger partial charge in [0.05, 0.1) is 12.1 Å². The first-order valence-corrected chi connectivity index (χ1v) is 13.9. The summed E-state index contributed by atoms with van der Waals surface area (Å²) in [5.41, 5.74) is 2.43. The first-order valence-electron chi connectivity index (χ1n) is 13.9. The number of anilines is 1. The third-order valence-corrected chi connectivity index (χ3v) is 6.90. The molecule has 0 spiro atoms. The van der Waals surface area contributed by atoms with Crippen molar-refractivity contribution in [3.05, 3.63) is 78.1 Å². The predicted molar refractivity (Wildman–Crippen MR) is 157 cm³/mol. The van der Waals surface area contributed by atoms with Crippen molar-refractivity contribution in [2.75, 3.05) is 45.3 Å². The van der Waals surface area contributed by atoms with Crippen molar-refractivity contribution in [3.8, 4) is 17.2 Å². The van der Waals surface area contributed by atoms with Crippen molar-refractivity contribution in [3.63, 3.8) is 0 Å². The normalized spacial score (nSPS) is 13.3. The van der Waals surface area contributed by atoms with Gasteiger partial charge < -0.3 is 24.8 Å². The lowest BCUT2D eigenvalue weighted by molar-refractivity contribution is 0.102. The van der Waals surface area contributed by atoms with Crippen LogP contribution < -0.4 is 20.1 Å². The van der Waals surface area contributed by atoms with Gasteiger partial charge in [-0.25, -0.2) is 9.78 Å². The summed E-state index contributed by atoms with van der Waals surface area (Å²) in [7, 11) is 1.58. The molecule has 1 saturated heterocycles. The predicted octanol–water partition coefficient (Wildman–Crippen LogP) is 5.28. The number of hydrogen-bond acceptors (Lipinski definition) is 7. The lowest BCUT2D eigenvalue weighted by Crippen LogP contribution is -2.23. The number of carbonyl (C=O) groups excluding carboxylic acids is 2. The van der Waals surface area contributed by atoms with Crippen molar-refractivity contribution < 1.29 is 23.8 Å². The van der Waals surface area contributed by atoms with E-state index in [1.807, 2.05) is 43.3 Å². The van der Waals surface area contributed by atoms with Crippen molar-refractivity contribution in [2.45, 2.75) is 26.3 Å². The van der Waals surface area contributed by atoms with E-state index in [9.17, 15) is 9.59 Å². The molecule has 214 valence electrons. The van der Waals surface area contributed by atoms with E-state index in [4.69, 9.17) is 14.2 Å². The average molecular weight is 558 g/mol. The molecule has 10 nitrogen and oxygen atoms in total. The highest BCUT2D eigenvalue weighted by atomic mass is 16.5. The molecule has 0 unspecified atom stereocenters. The summed E-state index contributed by atoms with van der Waals surface area (Å²) in [5.74, 6) is 1.49. The van der Waals surface area contributed by atoms with Gasteiger partial charge in [-0.05, 0) is 68.8 Å². The van der Waals surface area contributed by atoms with Crippen LogP contribution in [0.2, 0.25) is 0 Å². The molecule has 0 atom stereocenters. The zero-order chi connectivity index (χ0) is 28.6. The van der Waals surface area contributed by atoms with Crippen molar-refractivity contribution in [2.24, 2.45) is 0 Å². The molecule has 1 fully saturated rings. The number of nitrogens with one attached hydrogen (secondary N) is 2. The number of fused-ring (bicyclic) bond motifs is 1. The molecule has 3 heterocycles. The molecule has 4 aromatic rings. The number of likely N-dealkylation sites (tertiary alicyclic amines) is 1. The van der Waals surface area contributed by atoms with E-state index in [2.05, 4.69) is 20.5 Å². The molecule has 1 aliphatic heterocycles. The zero-order valence-electron chi connectivity index (χ0n) is 23.4. The number of hydrogen-bond donors (Lipinski definition) is 2. The van der Waals surface area contributed by atoms with E-state index < -0.39 is 0 Å². The third kappa shape index (κ3) is 7.03. The number of pyridine rings is 1. The number of nitrogens with zero attached hydrogens (tertiary/aromatic N) is 3. The molecular weight excluding hydrogens is 522 g/mol. The van der Waals surface area contributed by atoms with E-state index in [0.717, 1.165) is 25.0 Å². The first kappa shape index (κ1) is 28.1. The highest BCUT2D eigenvalue weighted by Crippen LogP contribution is 2.36. The summed E-state index contributed by atoms with van der Waals surface area (Å²) in [6.07, 6.45) is 5.76. The summed E-state index contributed by atoms with van der Waals surface area (Å²) < 4.78 is 19.1. The minimum Gasteiger partial charge on any atom is -0.487 e. The Hall–Kier alpha value is -4.41. The molecule has 5 rings (SSSR count). The topological polar surface area (TPSA) is 107 Å². The molecule has 10 heteroatoms. The Morgan fingerprint density at radius 2 is 1.78 bits per heavy atom. The maximum atomic E-state index is 12.9. The van der Waals surface area contributed by atoms with Gasteiger partial charge in [-0.1, -0.05) is 12.1 Å². The smallest absolute Gasteiger partial charge is 0.325 e. The van der Waals surface area contributed by atoms with E-state index in [-0.39, 0.29) is 11.9 Å². The van der Waals surface area contributed by atoms with Crippen LogP contribution in [0.15, 0.2) is 67.0 Å². The van der Waals surface area contributed by atoms with Crippen LogP contribution in [0.3, 0.4) is 0 Å². The lowest BCUT2D eigenvalue weighted by atomic mass is 10.1. The van der Waals surface area contributed by atoms with E-state index >= 15 is 0 Å². The molecular formula is C31H35N5O5. The fourth-order valence-corrected chi connectivity index (χ4v) is 4.81. The van der Waals surface area contributed by atoms with Gasteiger partial charge in [0.1, 0.15) is 18.2 Å². The Morgan fingerprint density at radius 1 is 0.976 bits per heavy atom. The third-order valence-electron chi connectivity index (χ3n) is 6.90. The number of rotatable bonds is 11. The summed E-state index contributed by atoms with van der Waals surface area (Å²) in [4.78, 5) is 31.9. The Kier molecular flexibility index (Phi) is 9.12. The van der Waals surface area contributed by atoms with Crippen LogP contribution in [0, 0.1) is 0 Å². The van der Waals surface area contributed by atoms with Crippen molar-refractivity contribution in [1.82, 2.24) is 19.8 Å².